The van der Waals surface area contributed by atoms with Gasteiger partial charge in [0.25, 0.3) is 5.56 Å². The average molecular weight is 484 g/mol. The van der Waals surface area contributed by atoms with E-state index < -0.39 is 17.4 Å². The van der Waals surface area contributed by atoms with Crippen molar-refractivity contribution in [2.24, 2.45) is 0 Å². The summed E-state index contributed by atoms with van der Waals surface area (Å²) in [5.74, 6) is -1.07. The van der Waals surface area contributed by atoms with Crippen LogP contribution in [0.3, 0.4) is 0 Å². The molecule has 2 aromatic carbocycles. The van der Waals surface area contributed by atoms with Gasteiger partial charge in [0.05, 0.1) is 16.1 Å². The Labute approximate surface area is 196 Å². The van der Waals surface area contributed by atoms with Gasteiger partial charge in [-0.25, -0.2) is 13.8 Å². The van der Waals surface area contributed by atoms with Gasteiger partial charge >= 0.3 is 5.69 Å². The van der Waals surface area contributed by atoms with Crippen molar-refractivity contribution in [2.45, 2.75) is 32.2 Å². The minimum absolute atomic E-state index is 0.115. The van der Waals surface area contributed by atoms with E-state index in [1.54, 1.807) is 30.3 Å². The first-order valence-corrected chi connectivity index (χ1v) is 11.7. The van der Waals surface area contributed by atoms with Gasteiger partial charge in [0, 0.05) is 10.6 Å². The molecule has 0 saturated heterocycles. The molecule has 2 heterocycles. The number of nitrogens with zero attached hydrogens (tertiary/aromatic N) is 2. The van der Waals surface area contributed by atoms with Crippen LogP contribution < -0.4 is 16.6 Å². The summed E-state index contributed by atoms with van der Waals surface area (Å²) in [4.78, 5) is 41.4. The fraction of sp³-hybridized carbons (Fsp3) is 0.208. The number of rotatable bonds is 4. The number of fused-ring (bicyclic) bond motifs is 3. The summed E-state index contributed by atoms with van der Waals surface area (Å²) < 4.78 is 15.9. The number of benzene rings is 2. The number of thiophene rings is 1. The molecule has 5 rings (SSSR count). The predicted molar refractivity (Wildman–Crippen MR) is 128 cm³/mol. The number of para-hydroxylation sites is 1. The van der Waals surface area contributed by atoms with Gasteiger partial charge in [-0.3, -0.25) is 14.2 Å². The average Bonchev–Trinajstić information content (AvgIpc) is 3.20. The Morgan fingerprint density at radius 1 is 1.09 bits per heavy atom. The van der Waals surface area contributed by atoms with Crippen LogP contribution in [-0.2, 0) is 24.2 Å². The maximum absolute atomic E-state index is 13.5. The highest BCUT2D eigenvalue weighted by atomic mass is 35.5. The van der Waals surface area contributed by atoms with Gasteiger partial charge in [-0.05, 0) is 61.6 Å². The minimum Gasteiger partial charge on any atom is -0.324 e. The number of halogens is 2. The zero-order valence-electron chi connectivity index (χ0n) is 17.4. The SMILES string of the molecule is O=C(Cn1c(=O)n(-c2ccccc2)c(=O)c2c3c(sc21)CCCC3)Nc1ccc(F)c(Cl)c1. The Hall–Kier alpha value is -3.23. The standard InChI is InChI=1S/C24H19ClFN3O3S/c25-17-12-14(10-11-18(17)26)27-20(30)13-28-23-21(16-8-4-5-9-19(16)33-23)22(31)29(24(28)32)15-6-2-1-3-7-15/h1-3,6-7,10-12H,4-5,8-9,13H2,(H,27,30). The van der Waals surface area contributed by atoms with E-state index >= 15 is 0 Å². The van der Waals surface area contributed by atoms with Crippen LogP contribution in [0.4, 0.5) is 10.1 Å². The number of aryl methyl sites for hydroxylation is 2. The molecule has 0 spiro atoms. The van der Waals surface area contributed by atoms with E-state index in [1.165, 1.54) is 28.0 Å². The lowest BCUT2D eigenvalue weighted by Crippen LogP contribution is -2.40. The number of hydrogen-bond acceptors (Lipinski definition) is 4. The van der Waals surface area contributed by atoms with Gasteiger partial charge in [0.15, 0.2) is 0 Å². The van der Waals surface area contributed by atoms with Crippen molar-refractivity contribution in [3.05, 3.63) is 90.6 Å². The molecule has 9 heteroatoms. The first kappa shape index (κ1) is 21.6. The highest BCUT2D eigenvalue weighted by Gasteiger charge is 2.25. The van der Waals surface area contributed by atoms with E-state index in [4.69, 9.17) is 11.6 Å². The van der Waals surface area contributed by atoms with Crippen molar-refractivity contribution in [3.8, 4) is 5.69 Å². The molecule has 6 nitrogen and oxygen atoms in total. The van der Waals surface area contributed by atoms with E-state index in [2.05, 4.69) is 5.32 Å². The molecule has 0 saturated carbocycles. The van der Waals surface area contributed by atoms with Crippen LogP contribution in [0.2, 0.25) is 5.02 Å². The number of anilines is 1. The van der Waals surface area contributed by atoms with Gasteiger partial charge in [-0.2, -0.15) is 0 Å². The molecule has 1 N–H and O–H groups in total. The molecule has 33 heavy (non-hydrogen) atoms. The zero-order chi connectivity index (χ0) is 23.1. The molecule has 2 aromatic heterocycles. The minimum atomic E-state index is -0.591. The number of aromatic nitrogens is 2. The molecule has 0 atom stereocenters. The summed E-state index contributed by atoms with van der Waals surface area (Å²) in [7, 11) is 0. The second-order valence-corrected chi connectivity index (χ2v) is 9.40. The van der Waals surface area contributed by atoms with E-state index in [9.17, 15) is 18.8 Å². The smallest absolute Gasteiger partial charge is 0.324 e. The van der Waals surface area contributed by atoms with Crippen molar-refractivity contribution in [1.29, 1.82) is 0 Å². The lowest BCUT2D eigenvalue weighted by Gasteiger charge is -2.13. The van der Waals surface area contributed by atoms with Crippen LogP contribution in [0.25, 0.3) is 15.9 Å². The fourth-order valence-electron chi connectivity index (χ4n) is 4.23. The van der Waals surface area contributed by atoms with Gasteiger partial charge in [0.2, 0.25) is 5.91 Å². The lowest BCUT2D eigenvalue weighted by molar-refractivity contribution is -0.116. The summed E-state index contributed by atoms with van der Waals surface area (Å²) in [6.45, 7) is -0.295. The molecule has 1 amide bonds. The van der Waals surface area contributed by atoms with Crippen LogP contribution in [-0.4, -0.2) is 15.0 Å². The topological polar surface area (TPSA) is 73.1 Å². The summed E-state index contributed by atoms with van der Waals surface area (Å²) in [6.07, 6.45) is 3.64. The monoisotopic (exact) mass is 483 g/mol. The molecular formula is C24H19ClFN3O3S. The number of amides is 1. The number of nitrogens with one attached hydrogen (secondary N) is 1. The Morgan fingerprint density at radius 2 is 1.85 bits per heavy atom. The van der Waals surface area contributed by atoms with Crippen molar-refractivity contribution in [3.63, 3.8) is 0 Å². The van der Waals surface area contributed by atoms with Gasteiger partial charge in [-0.15, -0.1) is 11.3 Å². The van der Waals surface area contributed by atoms with Crippen LogP contribution in [0.15, 0.2) is 58.1 Å². The Kier molecular flexibility index (Phi) is 5.64. The van der Waals surface area contributed by atoms with E-state index in [0.29, 0.717) is 21.6 Å². The molecule has 1 aliphatic carbocycles. The van der Waals surface area contributed by atoms with Crippen LogP contribution in [0.5, 0.6) is 0 Å². The maximum atomic E-state index is 13.5. The molecule has 0 unspecified atom stereocenters. The Morgan fingerprint density at radius 3 is 2.61 bits per heavy atom. The second kappa shape index (κ2) is 8.61. The van der Waals surface area contributed by atoms with Crippen molar-refractivity contribution >= 4 is 44.7 Å². The van der Waals surface area contributed by atoms with Crippen molar-refractivity contribution in [2.75, 3.05) is 5.32 Å². The first-order chi connectivity index (χ1) is 15.9. The summed E-state index contributed by atoms with van der Waals surface area (Å²) in [6, 6.07) is 12.6. The largest absolute Gasteiger partial charge is 0.337 e. The quantitative estimate of drug-likeness (QED) is 0.463. The molecular weight excluding hydrogens is 465 g/mol. The van der Waals surface area contributed by atoms with Gasteiger partial charge in [-0.1, -0.05) is 29.8 Å². The van der Waals surface area contributed by atoms with Crippen LogP contribution in [0, 0.1) is 5.82 Å². The molecule has 1 aliphatic rings. The normalized spacial score (nSPS) is 13.2. The third kappa shape index (κ3) is 3.89. The fourth-order valence-corrected chi connectivity index (χ4v) is 5.78. The molecule has 0 fully saturated rings. The van der Waals surface area contributed by atoms with Crippen LogP contribution >= 0.6 is 22.9 Å². The summed E-state index contributed by atoms with van der Waals surface area (Å²) in [5, 5.41) is 3.05. The Balaban J connectivity index is 1.65. The summed E-state index contributed by atoms with van der Waals surface area (Å²) in [5.41, 5.74) is 0.810. The third-order valence-electron chi connectivity index (χ3n) is 5.76. The van der Waals surface area contributed by atoms with E-state index in [1.807, 2.05) is 0 Å². The second-order valence-electron chi connectivity index (χ2n) is 7.91. The number of carbonyl (C=O) groups excluding carboxylic acids is 1. The molecule has 0 radical (unpaired) electrons. The molecule has 168 valence electrons. The third-order valence-corrected chi connectivity index (χ3v) is 7.36. The summed E-state index contributed by atoms with van der Waals surface area (Å²) >= 11 is 7.22. The molecule has 0 bridgehead atoms. The van der Waals surface area contributed by atoms with Gasteiger partial charge in [0.1, 0.15) is 17.2 Å². The number of carbonyl (C=O) groups is 1. The highest BCUT2D eigenvalue weighted by Crippen LogP contribution is 2.34. The van der Waals surface area contributed by atoms with Crippen molar-refractivity contribution in [1.82, 2.24) is 9.13 Å². The zero-order valence-corrected chi connectivity index (χ0v) is 19.0. The van der Waals surface area contributed by atoms with E-state index in [0.717, 1.165) is 46.8 Å². The van der Waals surface area contributed by atoms with Crippen LogP contribution in [0.1, 0.15) is 23.3 Å². The predicted octanol–water partition coefficient (Wildman–Crippen LogP) is 4.52. The Bertz CT molecular complexity index is 1510. The first-order valence-electron chi connectivity index (χ1n) is 10.5. The maximum Gasteiger partial charge on any atom is 0.337 e. The lowest BCUT2D eigenvalue weighted by atomic mass is 9.97. The van der Waals surface area contributed by atoms with Gasteiger partial charge < -0.3 is 5.32 Å². The number of hydrogen-bond donors (Lipinski definition) is 1. The molecule has 4 aromatic rings. The highest BCUT2D eigenvalue weighted by molar-refractivity contribution is 7.18. The van der Waals surface area contributed by atoms with Crippen molar-refractivity contribution < 1.29 is 9.18 Å². The molecule has 0 aliphatic heterocycles. The van der Waals surface area contributed by atoms with E-state index in [-0.39, 0.29) is 17.1 Å².